The van der Waals surface area contributed by atoms with Crippen LogP contribution in [0.5, 0.6) is 5.75 Å². The number of Topliss-reactive ketones (excluding diaryl/α,β-unsaturated/α-hetero) is 1. The number of aromatic hydroxyl groups is 1. The molecule has 5 atom stereocenters. The molecule has 2 saturated carbocycles. The molecule has 29 heavy (non-hydrogen) atoms. The van der Waals surface area contributed by atoms with Crippen molar-refractivity contribution in [2.45, 2.75) is 92.4 Å². The van der Waals surface area contributed by atoms with Crippen molar-refractivity contribution in [3.63, 3.8) is 0 Å². The summed E-state index contributed by atoms with van der Waals surface area (Å²) in [4.78, 5) is 12.9. The maximum Gasteiger partial charge on any atom is 0.136 e. The number of phenols is 1. The van der Waals surface area contributed by atoms with Gasteiger partial charge in [-0.05, 0) is 91.4 Å². The molecule has 162 valence electrons. The number of ketones is 1. The highest BCUT2D eigenvalue weighted by atomic mass is 16.3. The van der Waals surface area contributed by atoms with Crippen LogP contribution in [0.1, 0.15) is 90.2 Å². The van der Waals surface area contributed by atoms with Gasteiger partial charge in [-0.1, -0.05) is 53.0 Å². The van der Waals surface area contributed by atoms with Crippen LogP contribution in [-0.2, 0) is 11.2 Å². The van der Waals surface area contributed by atoms with Crippen LogP contribution in [0, 0.1) is 41.9 Å². The molecular weight excluding hydrogens is 356 g/mol. The Balaban J connectivity index is 1.67. The number of aryl methyl sites for hydroxylation is 2. The molecule has 3 rings (SSSR count). The summed E-state index contributed by atoms with van der Waals surface area (Å²) in [6.45, 7) is 11.7. The Morgan fingerprint density at radius 3 is 2.66 bits per heavy atom. The Bertz CT molecular complexity index is 706. The first kappa shape index (κ1) is 22.4. The standard InChI is InChI=1S/C27H42O2/c1-18(2)7-6-8-20(4)24-13-14-25-23(26(29)15-16-27(24,25)5)12-10-21-17-22(28)11-9-19(21)3/h9,11,17-18,20,23-25,28H,6-8,10,12-16H2,1-5H3/t20?,23-,24+,25-,27+/m0/s1. The summed E-state index contributed by atoms with van der Waals surface area (Å²) in [7, 11) is 0. The predicted octanol–water partition coefficient (Wildman–Crippen LogP) is 7.11. The first-order chi connectivity index (χ1) is 13.7. The van der Waals surface area contributed by atoms with E-state index >= 15 is 0 Å². The summed E-state index contributed by atoms with van der Waals surface area (Å²) < 4.78 is 0. The summed E-state index contributed by atoms with van der Waals surface area (Å²) in [5, 5.41) is 9.85. The average Bonchev–Trinajstić information content (AvgIpc) is 3.01. The maximum absolute atomic E-state index is 12.9. The predicted molar refractivity (Wildman–Crippen MR) is 121 cm³/mol. The molecule has 1 N–H and O–H groups in total. The monoisotopic (exact) mass is 398 g/mol. The number of fused-ring (bicyclic) bond motifs is 1. The van der Waals surface area contributed by atoms with Crippen LogP contribution in [0.2, 0.25) is 0 Å². The van der Waals surface area contributed by atoms with E-state index in [4.69, 9.17) is 0 Å². The van der Waals surface area contributed by atoms with Crippen molar-refractivity contribution in [2.75, 3.05) is 0 Å². The van der Waals surface area contributed by atoms with Crippen molar-refractivity contribution in [1.82, 2.24) is 0 Å². The Morgan fingerprint density at radius 1 is 1.17 bits per heavy atom. The van der Waals surface area contributed by atoms with Crippen LogP contribution in [0.25, 0.3) is 0 Å². The fraction of sp³-hybridized carbons (Fsp3) is 0.741. The lowest BCUT2D eigenvalue weighted by molar-refractivity contribution is -0.132. The zero-order chi connectivity index (χ0) is 21.2. The van der Waals surface area contributed by atoms with E-state index in [1.54, 1.807) is 6.07 Å². The van der Waals surface area contributed by atoms with Crippen LogP contribution < -0.4 is 0 Å². The Labute approximate surface area is 178 Å². The number of benzene rings is 1. The summed E-state index contributed by atoms with van der Waals surface area (Å²) >= 11 is 0. The second-order valence-electron chi connectivity index (χ2n) is 10.8. The third-order valence-electron chi connectivity index (χ3n) is 8.48. The van der Waals surface area contributed by atoms with Gasteiger partial charge in [0.2, 0.25) is 0 Å². The average molecular weight is 399 g/mol. The topological polar surface area (TPSA) is 37.3 Å². The molecule has 0 saturated heterocycles. The Morgan fingerprint density at radius 2 is 1.93 bits per heavy atom. The minimum Gasteiger partial charge on any atom is -0.508 e. The molecule has 0 heterocycles. The summed E-state index contributed by atoms with van der Waals surface area (Å²) in [6.07, 6.45) is 10.3. The number of rotatable bonds is 8. The third kappa shape index (κ3) is 4.89. The largest absolute Gasteiger partial charge is 0.508 e. The molecular formula is C27H42O2. The minimum atomic E-state index is 0.211. The number of phenolic OH excluding ortho intramolecular Hbond substituents is 1. The van der Waals surface area contributed by atoms with Crippen LogP contribution in [0.3, 0.4) is 0 Å². The lowest BCUT2D eigenvalue weighted by atomic mass is 9.58. The molecule has 0 spiro atoms. The first-order valence-corrected chi connectivity index (χ1v) is 12.0. The van der Waals surface area contributed by atoms with Gasteiger partial charge in [0.05, 0.1) is 0 Å². The highest BCUT2D eigenvalue weighted by molar-refractivity contribution is 5.82. The van der Waals surface area contributed by atoms with E-state index in [1.165, 1.54) is 43.2 Å². The van der Waals surface area contributed by atoms with Gasteiger partial charge in [0.1, 0.15) is 11.5 Å². The van der Waals surface area contributed by atoms with E-state index in [0.717, 1.165) is 43.4 Å². The molecule has 0 aromatic heterocycles. The van der Waals surface area contributed by atoms with E-state index in [0.29, 0.717) is 22.9 Å². The fourth-order valence-corrected chi connectivity index (χ4v) is 6.71. The number of carbonyl (C=O) groups is 1. The SMILES string of the molecule is Cc1ccc(O)cc1CC[C@@H]1C(=O)CC[C@]2(C)[C@@H](C(C)CCCC(C)C)CC[C@@H]12. The highest BCUT2D eigenvalue weighted by Gasteiger charge is 2.54. The number of hydrogen-bond donors (Lipinski definition) is 1. The van der Waals surface area contributed by atoms with Gasteiger partial charge in [0, 0.05) is 12.3 Å². The van der Waals surface area contributed by atoms with Crippen LogP contribution in [0.4, 0.5) is 0 Å². The van der Waals surface area contributed by atoms with Gasteiger partial charge in [-0.2, -0.15) is 0 Å². The highest BCUT2D eigenvalue weighted by Crippen LogP contribution is 2.60. The molecule has 2 aliphatic carbocycles. The molecule has 2 heteroatoms. The van der Waals surface area contributed by atoms with Gasteiger partial charge < -0.3 is 5.11 Å². The zero-order valence-electron chi connectivity index (χ0n) is 19.3. The Hall–Kier alpha value is -1.31. The van der Waals surface area contributed by atoms with Gasteiger partial charge in [-0.15, -0.1) is 0 Å². The second kappa shape index (κ2) is 9.23. The number of hydrogen-bond acceptors (Lipinski definition) is 2. The van der Waals surface area contributed by atoms with Gasteiger partial charge in [-0.3, -0.25) is 4.79 Å². The quantitative estimate of drug-likeness (QED) is 0.507. The maximum atomic E-state index is 12.9. The van der Waals surface area contributed by atoms with Crippen molar-refractivity contribution >= 4 is 5.78 Å². The van der Waals surface area contributed by atoms with Gasteiger partial charge >= 0.3 is 0 Å². The van der Waals surface area contributed by atoms with E-state index in [-0.39, 0.29) is 5.92 Å². The van der Waals surface area contributed by atoms with Crippen molar-refractivity contribution < 1.29 is 9.90 Å². The molecule has 2 fully saturated rings. The molecule has 1 aromatic carbocycles. The molecule has 2 nitrogen and oxygen atoms in total. The smallest absolute Gasteiger partial charge is 0.136 e. The van der Waals surface area contributed by atoms with Gasteiger partial charge in [0.25, 0.3) is 0 Å². The minimum absolute atomic E-state index is 0.211. The van der Waals surface area contributed by atoms with E-state index < -0.39 is 0 Å². The van der Waals surface area contributed by atoms with Crippen LogP contribution in [0.15, 0.2) is 18.2 Å². The van der Waals surface area contributed by atoms with Crippen molar-refractivity contribution in [3.8, 4) is 5.75 Å². The van der Waals surface area contributed by atoms with Crippen molar-refractivity contribution in [2.24, 2.45) is 35.0 Å². The first-order valence-electron chi connectivity index (χ1n) is 12.0. The van der Waals surface area contributed by atoms with Crippen LogP contribution >= 0.6 is 0 Å². The zero-order valence-corrected chi connectivity index (χ0v) is 19.3. The van der Waals surface area contributed by atoms with Crippen molar-refractivity contribution in [3.05, 3.63) is 29.3 Å². The summed E-state index contributed by atoms with van der Waals surface area (Å²) in [5.74, 6) is 3.94. The van der Waals surface area contributed by atoms with Crippen molar-refractivity contribution in [1.29, 1.82) is 0 Å². The molecule has 1 unspecified atom stereocenters. The van der Waals surface area contributed by atoms with Gasteiger partial charge in [-0.25, -0.2) is 0 Å². The lowest BCUT2D eigenvalue weighted by Gasteiger charge is -2.46. The van der Waals surface area contributed by atoms with Crippen LogP contribution in [-0.4, -0.2) is 10.9 Å². The molecule has 1 aromatic rings. The lowest BCUT2D eigenvalue weighted by Crippen LogP contribution is -2.43. The second-order valence-corrected chi connectivity index (χ2v) is 10.8. The molecule has 0 amide bonds. The fourth-order valence-electron chi connectivity index (χ4n) is 6.71. The normalized spacial score (nSPS) is 30.6. The third-order valence-corrected chi connectivity index (χ3v) is 8.48. The molecule has 0 aliphatic heterocycles. The molecule has 0 radical (unpaired) electrons. The summed E-state index contributed by atoms with van der Waals surface area (Å²) in [6, 6.07) is 5.63. The van der Waals surface area contributed by atoms with Gasteiger partial charge in [0.15, 0.2) is 0 Å². The number of carbonyl (C=O) groups excluding carboxylic acids is 1. The van der Waals surface area contributed by atoms with E-state index in [2.05, 4.69) is 34.6 Å². The Kier molecular flexibility index (Phi) is 7.12. The molecule has 0 bridgehead atoms. The summed E-state index contributed by atoms with van der Waals surface area (Å²) in [5.41, 5.74) is 2.75. The molecule has 2 aliphatic rings. The van der Waals surface area contributed by atoms with E-state index in [1.807, 2.05) is 12.1 Å². The van der Waals surface area contributed by atoms with E-state index in [9.17, 15) is 9.90 Å².